The summed E-state index contributed by atoms with van der Waals surface area (Å²) in [6.45, 7) is 0.956. The van der Waals surface area contributed by atoms with Crippen molar-refractivity contribution in [1.82, 2.24) is 4.98 Å². The van der Waals surface area contributed by atoms with Gasteiger partial charge in [-0.05, 0) is 43.3 Å². The molecule has 0 aliphatic heterocycles. The molecule has 2 aromatic carbocycles. The van der Waals surface area contributed by atoms with E-state index in [-0.39, 0.29) is 33.9 Å². The number of ether oxygens (including phenoxy) is 1. The van der Waals surface area contributed by atoms with Crippen LogP contribution in [-0.2, 0) is 15.1 Å². The number of urea groups is 1. The Hall–Kier alpha value is -2.95. The average Bonchev–Trinajstić information content (AvgIpc) is 3.12. The third-order valence-electron chi connectivity index (χ3n) is 4.49. The summed E-state index contributed by atoms with van der Waals surface area (Å²) < 4.78 is 45.6. The van der Waals surface area contributed by atoms with Gasteiger partial charge < -0.3 is 25.5 Å². The number of halogens is 5. The van der Waals surface area contributed by atoms with Crippen LogP contribution in [0.2, 0.25) is 10.0 Å². The van der Waals surface area contributed by atoms with Crippen molar-refractivity contribution in [3.8, 4) is 0 Å². The van der Waals surface area contributed by atoms with Gasteiger partial charge in [-0.25, -0.2) is 9.59 Å². The first-order chi connectivity index (χ1) is 15.0. The summed E-state index contributed by atoms with van der Waals surface area (Å²) in [5, 5.41) is 15.7. The highest BCUT2D eigenvalue weighted by molar-refractivity contribution is 6.36. The molecule has 3 rings (SSSR count). The zero-order valence-corrected chi connectivity index (χ0v) is 17.8. The number of carbonyl (C=O) groups excluding carboxylic acids is 2. The molecule has 0 saturated heterocycles. The van der Waals surface area contributed by atoms with Crippen molar-refractivity contribution >= 4 is 57.5 Å². The molecule has 1 unspecified atom stereocenters. The van der Waals surface area contributed by atoms with Crippen molar-refractivity contribution in [1.29, 1.82) is 0 Å². The van der Waals surface area contributed by atoms with Gasteiger partial charge in [-0.2, -0.15) is 13.2 Å². The number of anilines is 2. The summed E-state index contributed by atoms with van der Waals surface area (Å²) in [6, 6.07) is 7.65. The van der Waals surface area contributed by atoms with Crippen LogP contribution in [0.3, 0.4) is 0 Å². The second kappa shape index (κ2) is 8.89. The number of carbonyl (C=O) groups is 2. The second-order valence-electron chi connectivity index (χ2n) is 6.59. The van der Waals surface area contributed by atoms with Crippen LogP contribution < -0.4 is 10.6 Å². The lowest BCUT2D eigenvalue weighted by Gasteiger charge is -2.27. The van der Waals surface area contributed by atoms with E-state index in [1.807, 2.05) is 0 Å². The van der Waals surface area contributed by atoms with Gasteiger partial charge in [-0.15, -0.1) is 0 Å². The summed E-state index contributed by atoms with van der Waals surface area (Å²) >= 11 is 11.8. The van der Waals surface area contributed by atoms with Gasteiger partial charge in [0.05, 0.1) is 17.3 Å². The Morgan fingerprint density at radius 1 is 1.12 bits per heavy atom. The molecule has 0 aliphatic rings. The van der Waals surface area contributed by atoms with Crippen molar-refractivity contribution in [2.24, 2.45) is 0 Å². The van der Waals surface area contributed by atoms with Crippen LogP contribution in [0.15, 0.2) is 42.6 Å². The van der Waals surface area contributed by atoms with E-state index in [0.717, 1.165) is 6.20 Å². The molecule has 1 aromatic heterocycles. The fourth-order valence-corrected chi connectivity index (χ4v) is 3.44. The number of aromatic nitrogens is 1. The predicted octanol–water partition coefficient (Wildman–Crippen LogP) is 5.43. The maximum Gasteiger partial charge on any atom is 0.432 e. The number of aliphatic hydroxyl groups is 1. The molecule has 7 nitrogen and oxygen atoms in total. The largest absolute Gasteiger partial charge is 0.463 e. The minimum absolute atomic E-state index is 0.0920. The molecule has 0 radical (unpaired) electrons. The van der Waals surface area contributed by atoms with E-state index in [0.29, 0.717) is 5.02 Å². The minimum Gasteiger partial charge on any atom is -0.463 e. The molecule has 0 bridgehead atoms. The molecular weight excluding hydrogens is 474 g/mol. The number of rotatable bonds is 5. The maximum atomic E-state index is 13.7. The zero-order chi connectivity index (χ0) is 23.7. The lowest BCUT2D eigenvalue weighted by molar-refractivity contribution is -0.267. The summed E-state index contributed by atoms with van der Waals surface area (Å²) in [7, 11) is 0. The molecule has 12 heteroatoms. The third-order valence-corrected chi connectivity index (χ3v) is 5.04. The minimum atomic E-state index is -5.36. The van der Waals surface area contributed by atoms with E-state index in [1.165, 1.54) is 43.3 Å². The quantitative estimate of drug-likeness (QED) is 0.358. The topological polar surface area (TPSA) is 103 Å². The van der Waals surface area contributed by atoms with Crippen LogP contribution in [0.1, 0.15) is 12.5 Å². The zero-order valence-electron chi connectivity index (χ0n) is 16.3. The number of hydrogen-bond acceptors (Lipinski definition) is 4. The van der Waals surface area contributed by atoms with Gasteiger partial charge in [0, 0.05) is 33.4 Å². The van der Waals surface area contributed by atoms with Gasteiger partial charge in [0.15, 0.2) is 0 Å². The molecule has 0 spiro atoms. The van der Waals surface area contributed by atoms with E-state index < -0.39 is 29.3 Å². The third kappa shape index (κ3) is 4.47. The summed E-state index contributed by atoms with van der Waals surface area (Å²) in [6.07, 6.45) is -4.49. The molecule has 4 N–H and O–H groups in total. The summed E-state index contributed by atoms with van der Waals surface area (Å²) in [4.78, 5) is 26.9. The van der Waals surface area contributed by atoms with Gasteiger partial charge in [0.1, 0.15) is 0 Å². The van der Waals surface area contributed by atoms with Crippen LogP contribution in [0.5, 0.6) is 0 Å². The number of H-pyrrole nitrogens is 1. The number of aromatic amines is 1. The molecule has 0 fully saturated rings. The first-order valence-corrected chi connectivity index (χ1v) is 9.84. The number of hydrogen-bond donors (Lipinski definition) is 4. The standard InChI is InChI=1S/C20H16Cl2F3N3O4/c1-2-32-17(29)19(31,20(23,24)25)13-9-26-15-6-4-11(8-12(13)15)27-18(30)28-16-5-3-10(21)7-14(16)22/h3-9,26,31H,2H2,1H3,(H2,27,28,30). The SMILES string of the molecule is CCOC(=O)C(O)(c1c[nH]c2ccc(NC(=O)Nc3ccc(Cl)cc3Cl)cc12)C(F)(F)F. The molecule has 3 aromatic rings. The molecule has 1 heterocycles. The highest BCUT2D eigenvalue weighted by Crippen LogP contribution is 2.43. The van der Waals surface area contributed by atoms with Crippen molar-refractivity contribution in [2.45, 2.75) is 18.7 Å². The van der Waals surface area contributed by atoms with E-state index in [2.05, 4.69) is 20.4 Å². The lowest BCUT2D eigenvalue weighted by atomic mass is 9.92. The van der Waals surface area contributed by atoms with Crippen LogP contribution in [0, 0.1) is 0 Å². The Morgan fingerprint density at radius 2 is 1.84 bits per heavy atom. The Labute approximate surface area is 189 Å². The van der Waals surface area contributed by atoms with Gasteiger partial charge in [-0.1, -0.05) is 23.2 Å². The highest BCUT2D eigenvalue weighted by atomic mass is 35.5. The van der Waals surface area contributed by atoms with Gasteiger partial charge in [0.25, 0.3) is 5.60 Å². The summed E-state index contributed by atoms with van der Waals surface area (Å²) in [5.74, 6) is -1.86. The fraction of sp³-hybridized carbons (Fsp3) is 0.200. The molecule has 0 aliphatic carbocycles. The number of nitrogens with one attached hydrogen (secondary N) is 3. The van der Waals surface area contributed by atoms with Crippen molar-refractivity contribution in [3.63, 3.8) is 0 Å². The Bertz CT molecular complexity index is 1180. The molecule has 32 heavy (non-hydrogen) atoms. The molecular formula is C20H16Cl2F3N3O4. The average molecular weight is 490 g/mol. The monoisotopic (exact) mass is 489 g/mol. The van der Waals surface area contributed by atoms with Crippen LogP contribution in [0.4, 0.5) is 29.3 Å². The predicted molar refractivity (Wildman–Crippen MR) is 114 cm³/mol. The van der Waals surface area contributed by atoms with Gasteiger partial charge in [-0.3, -0.25) is 0 Å². The van der Waals surface area contributed by atoms with Crippen LogP contribution in [-0.4, -0.2) is 34.9 Å². The van der Waals surface area contributed by atoms with Crippen molar-refractivity contribution < 1.29 is 32.6 Å². The lowest BCUT2D eigenvalue weighted by Crippen LogP contribution is -2.50. The van der Waals surface area contributed by atoms with E-state index in [1.54, 1.807) is 0 Å². The number of alkyl halides is 3. The maximum absolute atomic E-state index is 13.7. The molecule has 1 atom stereocenters. The van der Waals surface area contributed by atoms with Gasteiger partial charge in [0.2, 0.25) is 0 Å². The number of amides is 2. The Kier molecular flexibility index (Phi) is 6.59. The highest BCUT2D eigenvalue weighted by Gasteiger charge is 2.63. The fourth-order valence-electron chi connectivity index (χ4n) is 2.99. The van der Waals surface area contributed by atoms with Gasteiger partial charge >= 0.3 is 18.2 Å². The van der Waals surface area contributed by atoms with Crippen molar-refractivity contribution in [3.05, 3.63) is 58.2 Å². The van der Waals surface area contributed by atoms with E-state index in [4.69, 9.17) is 23.2 Å². The van der Waals surface area contributed by atoms with Crippen molar-refractivity contribution in [2.75, 3.05) is 17.2 Å². The molecule has 2 amide bonds. The first-order valence-electron chi connectivity index (χ1n) is 9.08. The summed E-state index contributed by atoms with van der Waals surface area (Å²) in [5.41, 5.74) is -4.12. The van der Waals surface area contributed by atoms with E-state index in [9.17, 15) is 27.9 Å². The molecule has 170 valence electrons. The number of fused-ring (bicyclic) bond motifs is 1. The van der Waals surface area contributed by atoms with Crippen LogP contribution in [0.25, 0.3) is 10.9 Å². The second-order valence-corrected chi connectivity index (χ2v) is 7.44. The first kappa shape index (κ1) is 23.7. The number of benzene rings is 2. The van der Waals surface area contributed by atoms with E-state index >= 15 is 0 Å². The Morgan fingerprint density at radius 3 is 2.47 bits per heavy atom. The normalized spacial score (nSPS) is 13.5. The van der Waals surface area contributed by atoms with Crippen LogP contribution >= 0.6 is 23.2 Å². The Balaban J connectivity index is 1.94. The smallest absolute Gasteiger partial charge is 0.432 e. The number of esters is 1. The molecule has 0 saturated carbocycles.